The van der Waals surface area contributed by atoms with Crippen LogP contribution in [0.2, 0.25) is 0 Å². The Morgan fingerprint density at radius 1 is 1.18 bits per heavy atom. The van der Waals surface area contributed by atoms with Gasteiger partial charge in [0.15, 0.2) is 23.0 Å². The molecule has 33 heavy (non-hydrogen) atoms. The number of aryl methyl sites for hydroxylation is 1. The molecule has 0 saturated heterocycles. The molecule has 11 nitrogen and oxygen atoms in total. The van der Waals surface area contributed by atoms with Crippen LogP contribution >= 0.6 is 0 Å². The van der Waals surface area contributed by atoms with Crippen LogP contribution < -0.4 is 19.8 Å². The fourth-order valence-electron chi connectivity index (χ4n) is 4.39. The van der Waals surface area contributed by atoms with Gasteiger partial charge in [-0.2, -0.15) is 0 Å². The summed E-state index contributed by atoms with van der Waals surface area (Å²) in [5, 5.41) is 22.8. The minimum atomic E-state index is -1.04. The number of ketones is 1. The van der Waals surface area contributed by atoms with Crippen LogP contribution in [0, 0.1) is 17.0 Å². The molecule has 0 fully saturated rings. The molecule has 11 heteroatoms. The molecule has 3 heterocycles. The Morgan fingerprint density at radius 2 is 1.88 bits per heavy atom. The lowest BCUT2D eigenvalue weighted by Gasteiger charge is -2.27. The number of nitro groups is 1. The van der Waals surface area contributed by atoms with Crippen LogP contribution in [0.4, 0.5) is 5.69 Å². The van der Waals surface area contributed by atoms with Crippen molar-refractivity contribution >= 4 is 28.4 Å². The van der Waals surface area contributed by atoms with Crippen molar-refractivity contribution in [2.24, 2.45) is 0 Å². The number of rotatable bonds is 3. The lowest BCUT2D eigenvalue weighted by atomic mass is 9.82. The molecule has 0 bridgehead atoms. The minimum absolute atomic E-state index is 0.0740. The Labute approximate surface area is 184 Å². The first-order valence-corrected chi connectivity index (χ1v) is 9.80. The molecule has 0 saturated carbocycles. The van der Waals surface area contributed by atoms with E-state index in [4.69, 9.17) is 18.6 Å². The van der Waals surface area contributed by atoms with E-state index in [2.05, 4.69) is 0 Å². The maximum Gasteiger partial charge on any atom is 0.336 e. The number of benzene rings is 2. The zero-order valence-corrected chi connectivity index (χ0v) is 17.3. The van der Waals surface area contributed by atoms with Crippen molar-refractivity contribution in [2.75, 3.05) is 6.79 Å². The predicted octanol–water partition coefficient (Wildman–Crippen LogP) is 3.09. The van der Waals surface area contributed by atoms with Gasteiger partial charge >= 0.3 is 11.6 Å². The second-order valence-corrected chi connectivity index (χ2v) is 7.73. The van der Waals surface area contributed by atoms with Gasteiger partial charge in [0.05, 0.1) is 22.8 Å². The zero-order valence-electron chi connectivity index (χ0n) is 17.3. The standard InChI is InChI=1S/C22H15NO10/c1-8-3-15(25)32-21-17(8)20(27)18(9(2)24)22-19(21)11(5-16(26)33-22)10-4-13-14(31-7-30-13)6-12(10)23(28)29/h3-4,6,11,27H,5,7H2,1-2H3/t11-/m0/s1. The van der Waals surface area contributed by atoms with Crippen LogP contribution in [0.3, 0.4) is 0 Å². The molecule has 1 N–H and O–H groups in total. The number of carbonyl (C=O) groups is 2. The summed E-state index contributed by atoms with van der Waals surface area (Å²) in [6, 6.07) is 3.71. The van der Waals surface area contributed by atoms with Crippen LogP contribution in [0.1, 0.15) is 46.3 Å². The number of phenols is 1. The van der Waals surface area contributed by atoms with Crippen LogP contribution in [-0.4, -0.2) is 28.6 Å². The molecule has 2 aromatic carbocycles. The van der Waals surface area contributed by atoms with Crippen molar-refractivity contribution in [3.8, 4) is 23.0 Å². The van der Waals surface area contributed by atoms with Crippen LogP contribution in [0.15, 0.2) is 27.4 Å². The van der Waals surface area contributed by atoms with Crippen LogP contribution in [-0.2, 0) is 4.79 Å². The molecule has 2 aliphatic heterocycles. The second-order valence-electron chi connectivity index (χ2n) is 7.73. The normalized spacial score (nSPS) is 16.4. The number of Topliss-reactive ketones (excluding diaryl/α,β-unsaturated/α-hetero) is 1. The molecule has 5 rings (SSSR count). The van der Waals surface area contributed by atoms with Gasteiger partial charge < -0.3 is 23.7 Å². The van der Waals surface area contributed by atoms with Crippen LogP contribution in [0.25, 0.3) is 11.0 Å². The highest BCUT2D eigenvalue weighted by molar-refractivity contribution is 6.09. The van der Waals surface area contributed by atoms with Gasteiger partial charge in [-0.3, -0.25) is 19.7 Å². The van der Waals surface area contributed by atoms with E-state index < -0.39 is 34.0 Å². The first-order valence-electron chi connectivity index (χ1n) is 9.80. The molecule has 0 amide bonds. The third kappa shape index (κ3) is 3.00. The fourth-order valence-corrected chi connectivity index (χ4v) is 4.39. The largest absolute Gasteiger partial charge is 0.506 e. The van der Waals surface area contributed by atoms with Gasteiger partial charge in [-0.25, -0.2) is 4.79 Å². The van der Waals surface area contributed by atoms with Crippen LogP contribution in [0.5, 0.6) is 23.0 Å². The quantitative estimate of drug-likeness (QED) is 0.156. The summed E-state index contributed by atoms with van der Waals surface area (Å²) in [5.74, 6) is -2.82. The average Bonchev–Trinajstić information content (AvgIpc) is 3.18. The van der Waals surface area contributed by atoms with E-state index in [0.29, 0.717) is 5.56 Å². The van der Waals surface area contributed by atoms with Crippen molar-refractivity contribution in [3.63, 3.8) is 0 Å². The molecule has 0 aliphatic carbocycles. The minimum Gasteiger partial charge on any atom is -0.506 e. The number of carbonyl (C=O) groups excluding carboxylic acids is 2. The Kier molecular flexibility index (Phi) is 4.38. The van der Waals surface area contributed by atoms with Crippen molar-refractivity contribution in [3.05, 3.63) is 61.0 Å². The molecule has 0 unspecified atom stereocenters. The van der Waals surface area contributed by atoms with Gasteiger partial charge in [0.2, 0.25) is 6.79 Å². The van der Waals surface area contributed by atoms with Crippen molar-refractivity contribution in [2.45, 2.75) is 26.2 Å². The van der Waals surface area contributed by atoms with Gasteiger partial charge in [-0.1, -0.05) is 0 Å². The Bertz CT molecular complexity index is 1470. The van der Waals surface area contributed by atoms with Gasteiger partial charge in [0.25, 0.3) is 5.69 Å². The number of hydrogen-bond donors (Lipinski definition) is 1. The summed E-state index contributed by atoms with van der Waals surface area (Å²) in [7, 11) is 0. The van der Waals surface area contributed by atoms with E-state index in [-0.39, 0.29) is 63.8 Å². The summed E-state index contributed by atoms with van der Waals surface area (Å²) in [6.45, 7) is 2.59. The highest BCUT2D eigenvalue weighted by Gasteiger charge is 2.40. The number of ether oxygens (including phenoxy) is 3. The van der Waals surface area contributed by atoms with E-state index in [0.717, 1.165) is 6.07 Å². The van der Waals surface area contributed by atoms with Gasteiger partial charge in [-0.05, 0) is 25.5 Å². The summed E-state index contributed by atoms with van der Waals surface area (Å²) in [5.41, 5.74) is -1.03. The Morgan fingerprint density at radius 3 is 2.55 bits per heavy atom. The maximum atomic E-state index is 12.5. The maximum absolute atomic E-state index is 12.5. The first-order chi connectivity index (χ1) is 15.7. The summed E-state index contributed by atoms with van der Waals surface area (Å²) in [4.78, 5) is 48.4. The monoisotopic (exact) mass is 453 g/mol. The second kappa shape index (κ2) is 7.05. The van der Waals surface area contributed by atoms with Crippen molar-refractivity contribution in [1.82, 2.24) is 0 Å². The SMILES string of the molecule is CC(=O)c1c2c(c3oc(=O)cc(C)c3c1O)[C@H](c1cc3c(cc1[N+](=O)[O-])OCO3)CC(=O)O2. The van der Waals surface area contributed by atoms with Crippen molar-refractivity contribution < 1.29 is 38.2 Å². The topological polar surface area (TPSA) is 155 Å². The number of phenolic OH excluding ortho intramolecular Hbond substituents is 1. The van der Waals surface area contributed by atoms with Gasteiger partial charge in [-0.15, -0.1) is 0 Å². The van der Waals surface area contributed by atoms with Gasteiger partial charge in [0.1, 0.15) is 16.9 Å². The average molecular weight is 453 g/mol. The van der Waals surface area contributed by atoms with E-state index in [9.17, 15) is 29.6 Å². The number of aromatic hydroxyl groups is 1. The molecular weight excluding hydrogens is 438 g/mol. The molecule has 168 valence electrons. The van der Waals surface area contributed by atoms with Gasteiger partial charge in [0, 0.05) is 23.1 Å². The van der Waals surface area contributed by atoms with E-state index >= 15 is 0 Å². The molecule has 0 spiro atoms. The number of nitro benzene ring substituents is 1. The van der Waals surface area contributed by atoms with E-state index in [1.807, 2.05) is 0 Å². The predicted molar refractivity (Wildman–Crippen MR) is 110 cm³/mol. The van der Waals surface area contributed by atoms with Crippen molar-refractivity contribution in [1.29, 1.82) is 0 Å². The number of nitrogens with zero attached hydrogens (tertiary/aromatic N) is 1. The highest BCUT2D eigenvalue weighted by Crippen LogP contribution is 2.52. The molecule has 1 atom stereocenters. The highest BCUT2D eigenvalue weighted by atomic mass is 16.7. The molecule has 0 radical (unpaired) electrons. The lowest BCUT2D eigenvalue weighted by molar-refractivity contribution is -0.385. The summed E-state index contributed by atoms with van der Waals surface area (Å²) in [6.07, 6.45) is -0.345. The van der Waals surface area contributed by atoms with E-state index in [1.165, 1.54) is 19.1 Å². The third-order valence-corrected chi connectivity index (χ3v) is 5.73. The molecular formula is C22H15NO10. The number of fused-ring (bicyclic) bond motifs is 4. The third-order valence-electron chi connectivity index (χ3n) is 5.73. The molecule has 1 aromatic heterocycles. The number of hydrogen-bond acceptors (Lipinski definition) is 10. The zero-order chi connectivity index (χ0) is 23.6. The summed E-state index contributed by atoms with van der Waals surface area (Å²) < 4.78 is 21.3. The Balaban J connectivity index is 1.93. The smallest absolute Gasteiger partial charge is 0.336 e. The fraction of sp³-hybridized carbons (Fsp3) is 0.227. The molecule has 3 aromatic rings. The molecule has 2 aliphatic rings. The lowest BCUT2D eigenvalue weighted by Crippen LogP contribution is -2.24. The van der Waals surface area contributed by atoms with E-state index in [1.54, 1.807) is 6.92 Å². The first kappa shape index (κ1) is 20.5. The summed E-state index contributed by atoms with van der Waals surface area (Å²) >= 11 is 0. The number of esters is 1. The Hall–Kier alpha value is -4.41.